The Morgan fingerprint density at radius 1 is 1.37 bits per heavy atom. The summed E-state index contributed by atoms with van der Waals surface area (Å²) in [7, 11) is 0. The van der Waals surface area contributed by atoms with E-state index in [1.54, 1.807) is 16.7 Å². The molecule has 1 saturated carbocycles. The number of thioether (sulfide) groups is 1. The Morgan fingerprint density at radius 3 is 2.89 bits per heavy atom. The molecule has 0 aromatic rings. The number of carbonyl (C=O) groups is 2. The second kappa shape index (κ2) is 5.68. The van der Waals surface area contributed by atoms with Crippen LogP contribution in [0.25, 0.3) is 0 Å². The van der Waals surface area contributed by atoms with Crippen molar-refractivity contribution in [2.75, 3.05) is 31.4 Å². The first-order chi connectivity index (χ1) is 9.25. The fourth-order valence-corrected chi connectivity index (χ4v) is 3.30. The van der Waals surface area contributed by atoms with Crippen LogP contribution in [-0.4, -0.2) is 66.2 Å². The molecule has 2 atom stereocenters. The van der Waals surface area contributed by atoms with Gasteiger partial charge < -0.3 is 15.0 Å². The van der Waals surface area contributed by atoms with Crippen molar-refractivity contribution in [1.82, 2.24) is 15.5 Å². The first-order valence-electron chi connectivity index (χ1n) is 6.75. The molecule has 2 heterocycles. The van der Waals surface area contributed by atoms with E-state index >= 15 is 0 Å². The van der Waals surface area contributed by atoms with Gasteiger partial charge in [0.05, 0.1) is 19.3 Å². The van der Waals surface area contributed by atoms with Crippen molar-refractivity contribution in [3.8, 4) is 0 Å². The van der Waals surface area contributed by atoms with Gasteiger partial charge in [-0.15, -0.1) is 11.8 Å². The molecule has 0 radical (unpaired) electrons. The first-order valence-corrected chi connectivity index (χ1v) is 7.91. The SMILES string of the molecule is O=C(NC1CC1)C1COCCN1C(=O)C1CSCN1. The summed E-state index contributed by atoms with van der Waals surface area (Å²) in [5.74, 6) is 1.55. The highest BCUT2D eigenvalue weighted by atomic mass is 32.2. The standard InChI is InChI=1S/C12H19N3O3S/c16-11(14-8-1-2-8)10-5-18-4-3-15(10)12(17)9-6-19-7-13-9/h8-10,13H,1-7H2,(H,14,16). The van der Waals surface area contributed by atoms with Crippen molar-refractivity contribution < 1.29 is 14.3 Å². The highest BCUT2D eigenvalue weighted by molar-refractivity contribution is 7.99. The molecule has 1 aliphatic carbocycles. The Kier molecular flexibility index (Phi) is 3.95. The molecule has 0 bridgehead atoms. The summed E-state index contributed by atoms with van der Waals surface area (Å²) in [5, 5.41) is 6.13. The number of nitrogens with one attached hydrogen (secondary N) is 2. The second-order valence-electron chi connectivity index (χ2n) is 5.18. The maximum Gasteiger partial charge on any atom is 0.245 e. The Labute approximate surface area is 116 Å². The predicted molar refractivity (Wildman–Crippen MR) is 71.7 cm³/mol. The fraction of sp³-hybridized carbons (Fsp3) is 0.833. The van der Waals surface area contributed by atoms with E-state index in [0.717, 1.165) is 24.5 Å². The summed E-state index contributed by atoms with van der Waals surface area (Å²) >= 11 is 1.71. The zero-order valence-electron chi connectivity index (χ0n) is 10.8. The fourth-order valence-electron chi connectivity index (χ4n) is 2.36. The van der Waals surface area contributed by atoms with E-state index < -0.39 is 6.04 Å². The van der Waals surface area contributed by atoms with E-state index in [-0.39, 0.29) is 17.9 Å². The van der Waals surface area contributed by atoms with Crippen LogP contribution in [0.1, 0.15) is 12.8 Å². The highest BCUT2D eigenvalue weighted by Gasteiger charge is 2.38. The smallest absolute Gasteiger partial charge is 0.245 e. The molecule has 3 fully saturated rings. The molecule has 0 aromatic carbocycles. The average Bonchev–Trinajstić information content (AvgIpc) is 3.08. The normalized spacial score (nSPS) is 31.3. The molecule has 2 unspecified atom stereocenters. The van der Waals surface area contributed by atoms with Crippen LogP contribution in [0.3, 0.4) is 0 Å². The van der Waals surface area contributed by atoms with Crippen LogP contribution in [0, 0.1) is 0 Å². The third-order valence-corrected chi connectivity index (χ3v) is 4.59. The van der Waals surface area contributed by atoms with E-state index in [4.69, 9.17) is 4.74 Å². The molecule has 106 valence electrons. The molecule has 0 aromatic heterocycles. The van der Waals surface area contributed by atoms with Crippen LogP contribution in [-0.2, 0) is 14.3 Å². The van der Waals surface area contributed by atoms with Crippen molar-refractivity contribution >= 4 is 23.6 Å². The van der Waals surface area contributed by atoms with E-state index in [2.05, 4.69) is 10.6 Å². The van der Waals surface area contributed by atoms with Gasteiger partial charge in [-0.2, -0.15) is 0 Å². The van der Waals surface area contributed by atoms with Crippen LogP contribution < -0.4 is 10.6 Å². The van der Waals surface area contributed by atoms with Gasteiger partial charge in [0.2, 0.25) is 11.8 Å². The van der Waals surface area contributed by atoms with Crippen molar-refractivity contribution in [1.29, 1.82) is 0 Å². The lowest BCUT2D eigenvalue weighted by molar-refractivity contribution is -0.149. The summed E-state index contributed by atoms with van der Waals surface area (Å²) < 4.78 is 5.37. The summed E-state index contributed by atoms with van der Waals surface area (Å²) in [5.41, 5.74) is 0. The van der Waals surface area contributed by atoms with E-state index in [0.29, 0.717) is 25.8 Å². The number of hydrogen-bond acceptors (Lipinski definition) is 5. The maximum atomic E-state index is 12.4. The Bertz CT molecular complexity index is 369. The maximum absolute atomic E-state index is 12.4. The molecule has 6 nitrogen and oxygen atoms in total. The lowest BCUT2D eigenvalue weighted by Gasteiger charge is -2.36. The molecule has 7 heteroatoms. The topological polar surface area (TPSA) is 70.7 Å². The monoisotopic (exact) mass is 285 g/mol. The highest BCUT2D eigenvalue weighted by Crippen LogP contribution is 2.20. The third-order valence-electron chi connectivity index (χ3n) is 3.65. The largest absolute Gasteiger partial charge is 0.377 e. The van der Waals surface area contributed by atoms with Gasteiger partial charge in [-0.3, -0.25) is 14.9 Å². The molecule has 19 heavy (non-hydrogen) atoms. The van der Waals surface area contributed by atoms with Gasteiger partial charge >= 0.3 is 0 Å². The Hall–Kier alpha value is -0.790. The molecule has 2 aliphatic heterocycles. The van der Waals surface area contributed by atoms with Crippen molar-refractivity contribution in [2.24, 2.45) is 0 Å². The lowest BCUT2D eigenvalue weighted by Crippen LogP contribution is -2.59. The molecule has 2 amide bonds. The molecule has 3 rings (SSSR count). The molecular formula is C12H19N3O3S. The summed E-state index contributed by atoms with van der Waals surface area (Å²) in [6, 6.07) is -0.305. The van der Waals surface area contributed by atoms with Gasteiger partial charge in [-0.1, -0.05) is 0 Å². The quantitative estimate of drug-likeness (QED) is 0.707. The van der Waals surface area contributed by atoms with Crippen LogP contribution in [0.2, 0.25) is 0 Å². The predicted octanol–water partition coefficient (Wildman–Crippen LogP) is -0.845. The Morgan fingerprint density at radius 2 is 2.21 bits per heavy atom. The lowest BCUT2D eigenvalue weighted by atomic mass is 10.1. The van der Waals surface area contributed by atoms with Gasteiger partial charge in [-0.25, -0.2) is 0 Å². The van der Waals surface area contributed by atoms with Crippen LogP contribution in [0.5, 0.6) is 0 Å². The minimum atomic E-state index is -0.464. The minimum Gasteiger partial charge on any atom is -0.377 e. The zero-order valence-corrected chi connectivity index (χ0v) is 11.6. The average molecular weight is 285 g/mol. The number of ether oxygens (including phenoxy) is 1. The van der Waals surface area contributed by atoms with Gasteiger partial charge in [-0.05, 0) is 12.8 Å². The first kappa shape index (κ1) is 13.2. The van der Waals surface area contributed by atoms with E-state index in [9.17, 15) is 9.59 Å². The number of rotatable bonds is 3. The third kappa shape index (κ3) is 3.04. The van der Waals surface area contributed by atoms with Crippen LogP contribution in [0.4, 0.5) is 0 Å². The number of hydrogen-bond donors (Lipinski definition) is 2. The van der Waals surface area contributed by atoms with Crippen molar-refractivity contribution in [2.45, 2.75) is 31.0 Å². The van der Waals surface area contributed by atoms with E-state index in [1.807, 2.05) is 0 Å². The van der Waals surface area contributed by atoms with Crippen molar-refractivity contribution in [3.05, 3.63) is 0 Å². The summed E-state index contributed by atoms with van der Waals surface area (Å²) in [6.07, 6.45) is 2.10. The minimum absolute atomic E-state index is 0.0317. The van der Waals surface area contributed by atoms with E-state index in [1.165, 1.54) is 0 Å². The van der Waals surface area contributed by atoms with Gasteiger partial charge in [0, 0.05) is 24.2 Å². The number of amides is 2. The zero-order chi connectivity index (χ0) is 13.2. The molecule has 0 spiro atoms. The molecule has 3 aliphatic rings. The van der Waals surface area contributed by atoms with Crippen molar-refractivity contribution in [3.63, 3.8) is 0 Å². The number of morpholine rings is 1. The summed E-state index contributed by atoms with van der Waals surface area (Å²) in [6.45, 7) is 1.33. The van der Waals surface area contributed by atoms with Gasteiger partial charge in [0.15, 0.2) is 0 Å². The number of carbonyl (C=O) groups excluding carboxylic acids is 2. The molecule has 2 saturated heterocycles. The second-order valence-corrected chi connectivity index (χ2v) is 6.21. The Balaban J connectivity index is 1.65. The number of nitrogens with zero attached hydrogens (tertiary/aromatic N) is 1. The van der Waals surface area contributed by atoms with Gasteiger partial charge in [0.25, 0.3) is 0 Å². The molecule has 2 N–H and O–H groups in total. The summed E-state index contributed by atoms with van der Waals surface area (Å²) in [4.78, 5) is 26.3. The molecular weight excluding hydrogens is 266 g/mol. The van der Waals surface area contributed by atoms with Crippen LogP contribution >= 0.6 is 11.8 Å². The van der Waals surface area contributed by atoms with Crippen LogP contribution in [0.15, 0.2) is 0 Å². The van der Waals surface area contributed by atoms with Gasteiger partial charge in [0.1, 0.15) is 6.04 Å².